The molecule has 0 aromatic rings. The highest BCUT2D eigenvalue weighted by molar-refractivity contribution is 5.75. The van der Waals surface area contributed by atoms with E-state index in [-0.39, 0.29) is 0 Å². The summed E-state index contributed by atoms with van der Waals surface area (Å²) in [6.07, 6.45) is -7.21. The van der Waals surface area contributed by atoms with Gasteiger partial charge in [0.2, 0.25) is 0 Å². The lowest BCUT2D eigenvalue weighted by molar-refractivity contribution is -0.295. The fourth-order valence-electron chi connectivity index (χ4n) is 2.16. The third-order valence-electron chi connectivity index (χ3n) is 2.88. The predicted molar refractivity (Wildman–Crippen MR) is 70.0 cm³/mol. The number of rotatable bonds is 5. The summed E-state index contributed by atoms with van der Waals surface area (Å²) in [5.74, 6) is -3.81. The number of hydrogen-bond donors (Lipinski definition) is 1. The molecule has 1 aliphatic heterocycles. The fraction of sp³-hybridized carbons (Fsp3) is 0.692. The van der Waals surface area contributed by atoms with Crippen molar-refractivity contribution in [2.24, 2.45) is 0 Å². The van der Waals surface area contributed by atoms with Crippen molar-refractivity contribution in [3.8, 4) is 0 Å². The van der Waals surface area contributed by atoms with E-state index in [4.69, 9.17) is 23.7 Å². The van der Waals surface area contributed by atoms with Crippen LogP contribution in [0.1, 0.15) is 20.8 Å². The smallest absolute Gasteiger partial charge is 0.337 e. The molecule has 0 saturated carbocycles. The molecule has 0 unspecified atom stereocenters. The number of carboxylic acid groups (broad SMARTS) is 1. The lowest BCUT2D eigenvalue weighted by atomic mass is 9.98. The van der Waals surface area contributed by atoms with E-state index in [1.807, 2.05) is 0 Å². The molecule has 1 fully saturated rings. The summed E-state index contributed by atoms with van der Waals surface area (Å²) in [5.41, 5.74) is 0. The van der Waals surface area contributed by atoms with Gasteiger partial charge in [-0.2, -0.15) is 0 Å². The van der Waals surface area contributed by atoms with Crippen LogP contribution in [0.4, 0.5) is 0 Å². The molecule has 0 aromatic carbocycles. The van der Waals surface area contributed by atoms with Gasteiger partial charge in [-0.3, -0.25) is 14.4 Å². The first-order valence-corrected chi connectivity index (χ1v) is 6.60. The van der Waals surface area contributed by atoms with Crippen molar-refractivity contribution in [2.75, 3.05) is 7.11 Å². The minimum atomic E-state index is -1.67. The molecule has 1 aliphatic rings. The summed E-state index contributed by atoms with van der Waals surface area (Å²) >= 11 is 0. The molecule has 1 N–H and O–H groups in total. The van der Waals surface area contributed by atoms with Crippen LogP contribution in [0.3, 0.4) is 0 Å². The van der Waals surface area contributed by atoms with Crippen molar-refractivity contribution in [1.82, 2.24) is 0 Å². The van der Waals surface area contributed by atoms with Crippen LogP contribution in [0.5, 0.6) is 0 Å². The van der Waals surface area contributed by atoms with Gasteiger partial charge in [-0.15, -0.1) is 0 Å². The van der Waals surface area contributed by atoms with Crippen LogP contribution in [0.25, 0.3) is 0 Å². The molecule has 130 valence electrons. The van der Waals surface area contributed by atoms with Crippen LogP contribution in [0.2, 0.25) is 0 Å². The van der Waals surface area contributed by atoms with Crippen molar-refractivity contribution in [3.05, 3.63) is 0 Å². The first kappa shape index (κ1) is 18.8. The molecule has 10 nitrogen and oxygen atoms in total. The summed E-state index contributed by atoms with van der Waals surface area (Å²) in [6.45, 7) is 3.22. The maximum atomic E-state index is 11.3. The Hall–Kier alpha value is -2.20. The lowest BCUT2D eigenvalue weighted by Gasteiger charge is -2.42. The summed E-state index contributed by atoms with van der Waals surface area (Å²) in [7, 11) is 1.19. The van der Waals surface area contributed by atoms with E-state index in [1.165, 1.54) is 7.11 Å². The van der Waals surface area contributed by atoms with Gasteiger partial charge >= 0.3 is 23.9 Å². The minimum Gasteiger partial charge on any atom is -0.479 e. The molecule has 0 aliphatic carbocycles. The molecular formula is C13H18O10. The van der Waals surface area contributed by atoms with Gasteiger partial charge in [0.15, 0.2) is 30.7 Å². The maximum Gasteiger partial charge on any atom is 0.337 e. The number of aliphatic carboxylic acids is 1. The Kier molecular flexibility index (Phi) is 6.46. The van der Waals surface area contributed by atoms with Crippen molar-refractivity contribution in [1.29, 1.82) is 0 Å². The third kappa shape index (κ3) is 4.89. The number of methoxy groups -OCH3 is 1. The Morgan fingerprint density at radius 1 is 0.826 bits per heavy atom. The van der Waals surface area contributed by atoms with Crippen LogP contribution in [0, 0.1) is 0 Å². The monoisotopic (exact) mass is 334 g/mol. The Bertz CT molecular complexity index is 487. The summed E-state index contributed by atoms with van der Waals surface area (Å²) in [4.78, 5) is 45.2. The standard InChI is InChI=1S/C13H18O10/c1-5(14)20-8-9(21-6(2)15)11(22-7(3)16)13(19-4)23-10(8)12(17)18/h8-11,13H,1-4H3,(H,17,18)/t8-,9-,10-,11+,13+/m0/s1. The van der Waals surface area contributed by atoms with Crippen LogP contribution >= 0.6 is 0 Å². The van der Waals surface area contributed by atoms with Crippen molar-refractivity contribution < 1.29 is 48.0 Å². The number of carbonyl (C=O) groups is 4. The molecular weight excluding hydrogens is 316 g/mol. The molecule has 23 heavy (non-hydrogen) atoms. The molecule has 1 rings (SSSR count). The third-order valence-corrected chi connectivity index (χ3v) is 2.88. The van der Waals surface area contributed by atoms with E-state index < -0.39 is 54.6 Å². The van der Waals surface area contributed by atoms with E-state index in [0.29, 0.717) is 0 Å². The van der Waals surface area contributed by atoms with E-state index in [9.17, 15) is 24.3 Å². The number of carbonyl (C=O) groups excluding carboxylic acids is 3. The molecule has 0 bridgehead atoms. The highest BCUT2D eigenvalue weighted by atomic mass is 16.7. The number of ether oxygens (including phenoxy) is 5. The van der Waals surface area contributed by atoms with Gasteiger partial charge in [0.25, 0.3) is 0 Å². The van der Waals surface area contributed by atoms with Crippen LogP contribution in [-0.4, -0.2) is 66.8 Å². The Balaban J connectivity index is 3.25. The molecule has 1 saturated heterocycles. The number of carboxylic acids is 1. The average molecular weight is 334 g/mol. The normalized spacial score (nSPS) is 30.2. The van der Waals surface area contributed by atoms with Gasteiger partial charge in [0.05, 0.1) is 0 Å². The van der Waals surface area contributed by atoms with Crippen molar-refractivity contribution in [2.45, 2.75) is 51.5 Å². The second kappa shape index (κ2) is 7.88. The van der Waals surface area contributed by atoms with E-state index in [2.05, 4.69) is 0 Å². The van der Waals surface area contributed by atoms with E-state index >= 15 is 0 Å². The molecule has 1 heterocycles. The lowest BCUT2D eigenvalue weighted by Crippen LogP contribution is -2.63. The van der Waals surface area contributed by atoms with Gasteiger partial charge in [-0.25, -0.2) is 4.79 Å². The topological polar surface area (TPSA) is 135 Å². The molecule has 10 heteroatoms. The largest absolute Gasteiger partial charge is 0.479 e. The van der Waals surface area contributed by atoms with Gasteiger partial charge < -0.3 is 28.8 Å². The minimum absolute atomic E-state index is 0.742. The number of hydrogen-bond acceptors (Lipinski definition) is 9. The van der Waals surface area contributed by atoms with Crippen LogP contribution in [-0.2, 0) is 42.9 Å². The van der Waals surface area contributed by atoms with Crippen molar-refractivity contribution >= 4 is 23.9 Å². The zero-order valence-corrected chi connectivity index (χ0v) is 13.0. The van der Waals surface area contributed by atoms with Gasteiger partial charge in [-0.05, 0) is 0 Å². The Morgan fingerprint density at radius 2 is 1.26 bits per heavy atom. The highest BCUT2D eigenvalue weighted by Gasteiger charge is 2.54. The summed E-state index contributed by atoms with van der Waals surface area (Å²) in [5, 5.41) is 9.23. The SMILES string of the molecule is CO[C@@H]1O[C@H](C(=O)O)[C@@H](OC(C)=O)[C@H](OC(C)=O)[C@H]1OC(C)=O. The quantitative estimate of drug-likeness (QED) is 0.504. The maximum absolute atomic E-state index is 11.3. The first-order chi connectivity index (χ1) is 10.7. The Morgan fingerprint density at radius 3 is 1.65 bits per heavy atom. The van der Waals surface area contributed by atoms with Gasteiger partial charge in [0, 0.05) is 27.9 Å². The van der Waals surface area contributed by atoms with Gasteiger partial charge in [-0.1, -0.05) is 0 Å². The first-order valence-electron chi connectivity index (χ1n) is 6.60. The average Bonchev–Trinajstić information content (AvgIpc) is 2.40. The summed E-state index contributed by atoms with van der Waals surface area (Å²) in [6, 6.07) is 0. The van der Waals surface area contributed by atoms with E-state index in [0.717, 1.165) is 20.8 Å². The molecule has 5 atom stereocenters. The molecule has 0 spiro atoms. The van der Waals surface area contributed by atoms with E-state index in [1.54, 1.807) is 0 Å². The second-order valence-corrected chi connectivity index (χ2v) is 4.72. The second-order valence-electron chi connectivity index (χ2n) is 4.72. The van der Waals surface area contributed by atoms with Crippen molar-refractivity contribution in [3.63, 3.8) is 0 Å². The fourth-order valence-corrected chi connectivity index (χ4v) is 2.16. The Labute approximate surface area is 131 Å². The van der Waals surface area contributed by atoms with Crippen LogP contribution < -0.4 is 0 Å². The van der Waals surface area contributed by atoms with Crippen LogP contribution in [0.15, 0.2) is 0 Å². The molecule has 0 aromatic heterocycles. The zero-order chi connectivity index (χ0) is 17.7. The van der Waals surface area contributed by atoms with Gasteiger partial charge in [0.1, 0.15) is 0 Å². The number of esters is 3. The summed E-state index contributed by atoms with van der Waals surface area (Å²) < 4.78 is 25.1. The predicted octanol–water partition coefficient (Wildman–Crippen LogP) is -0.763. The highest BCUT2D eigenvalue weighted by Crippen LogP contribution is 2.29. The zero-order valence-electron chi connectivity index (χ0n) is 13.0. The molecule has 0 radical (unpaired) electrons. The molecule has 0 amide bonds.